The van der Waals surface area contributed by atoms with Crippen LogP contribution < -0.4 is 0 Å². The molecule has 1 aliphatic heterocycles. The molecule has 0 spiro atoms. The van der Waals surface area contributed by atoms with E-state index in [2.05, 4.69) is 6.58 Å². The molecule has 0 bridgehead atoms. The summed E-state index contributed by atoms with van der Waals surface area (Å²) in [6.07, 6.45) is 1.19. The molecule has 6 heteroatoms. The molecule has 0 saturated carbocycles. The van der Waals surface area contributed by atoms with Gasteiger partial charge in [0.25, 0.3) is 0 Å². The van der Waals surface area contributed by atoms with Gasteiger partial charge in [-0.15, -0.1) is 6.58 Å². The third kappa shape index (κ3) is 6.12. The maximum Gasteiger partial charge on any atom is 0.410 e. The highest BCUT2D eigenvalue weighted by Gasteiger charge is 2.36. The number of hydrogen-bond donors (Lipinski definition) is 0. The van der Waals surface area contributed by atoms with E-state index in [-0.39, 0.29) is 19.3 Å². The second-order valence-electron chi connectivity index (χ2n) is 9.85. The normalized spacial score (nSPS) is 13.8. The van der Waals surface area contributed by atoms with Crippen molar-refractivity contribution in [1.29, 1.82) is 0 Å². The van der Waals surface area contributed by atoms with Gasteiger partial charge in [0.15, 0.2) is 6.10 Å². The Morgan fingerprint density at radius 1 is 1.06 bits per heavy atom. The molecule has 188 valence electrons. The number of benzene rings is 2. The Bertz CT molecular complexity index is 1080. The maximum absolute atomic E-state index is 13.1. The van der Waals surface area contributed by atoms with Crippen molar-refractivity contribution in [2.75, 3.05) is 6.61 Å². The molecule has 2 aromatic carbocycles. The minimum absolute atomic E-state index is 0.224. The average molecular weight is 480 g/mol. The van der Waals surface area contributed by atoms with Crippen LogP contribution in [-0.2, 0) is 45.1 Å². The molecule has 1 amide bonds. The molecule has 0 unspecified atom stereocenters. The Balaban J connectivity index is 1.97. The van der Waals surface area contributed by atoms with E-state index in [1.807, 2.05) is 71.0 Å². The Morgan fingerprint density at radius 3 is 2.26 bits per heavy atom. The molecule has 0 saturated heterocycles. The van der Waals surface area contributed by atoms with Crippen LogP contribution in [0.15, 0.2) is 43.0 Å². The number of esters is 1. The van der Waals surface area contributed by atoms with Gasteiger partial charge in [0, 0.05) is 13.1 Å². The molecule has 3 rings (SSSR count). The van der Waals surface area contributed by atoms with Gasteiger partial charge >= 0.3 is 12.1 Å². The van der Waals surface area contributed by atoms with Crippen molar-refractivity contribution in [3.63, 3.8) is 0 Å². The Morgan fingerprint density at radius 2 is 1.69 bits per heavy atom. The van der Waals surface area contributed by atoms with E-state index >= 15 is 0 Å². The number of carbonyl (C=O) groups excluding carboxylic acids is 2. The largest absolute Gasteiger partial charge is 0.464 e. The van der Waals surface area contributed by atoms with Crippen molar-refractivity contribution < 1.29 is 23.8 Å². The highest BCUT2D eigenvalue weighted by atomic mass is 16.6. The molecule has 0 radical (unpaired) electrons. The highest BCUT2D eigenvalue weighted by Crippen LogP contribution is 2.40. The fraction of sp³-hybridized carbons (Fsp3) is 0.448. The Labute approximate surface area is 208 Å². The van der Waals surface area contributed by atoms with Crippen molar-refractivity contribution >= 4 is 12.1 Å². The molecule has 35 heavy (non-hydrogen) atoms. The second-order valence-corrected chi connectivity index (χ2v) is 9.85. The van der Waals surface area contributed by atoms with E-state index in [1.54, 1.807) is 11.8 Å². The lowest BCUT2D eigenvalue weighted by atomic mass is 9.85. The number of nitrogens with zero attached hydrogens (tertiary/aromatic N) is 1. The van der Waals surface area contributed by atoms with E-state index in [4.69, 9.17) is 14.2 Å². The summed E-state index contributed by atoms with van der Waals surface area (Å²) in [5.74, 6) is -0.410. The topological polar surface area (TPSA) is 65.1 Å². The minimum Gasteiger partial charge on any atom is -0.464 e. The summed E-state index contributed by atoms with van der Waals surface area (Å²) in [6, 6.07) is 9.63. The van der Waals surface area contributed by atoms with Crippen LogP contribution in [-0.4, -0.2) is 29.2 Å². The molecular weight excluding hydrogens is 442 g/mol. The highest BCUT2D eigenvalue weighted by molar-refractivity contribution is 5.79. The molecule has 0 aromatic heterocycles. The molecular formula is C29H37NO5. The third-order valence-electron chi connectivity index (χ3n) is 6.20. The predicted octanol–water partition coefficient (Wildman–Crippen LogP) is 6.10. The molecule has 1 aliphatic rings. The molecule has 1 atom stereocenters. The van der Waals surface area contributed by atoms with E-state index in [1.165, 1.54) is 0 Å². The SMILES string of the molecule is C=CCc1c(C)c2c(c(C)c1[C@H](OC(C)(C)C)C(=O)OCC)CN(C(=O)OCc1ccccc1)C2. The van der Waals surface area contributed by atoms with Crippen LogP contribution in [0.4, 0.5) is 4.79 Å². The van der Waals surface area contributed by atoms with Crippen LogP contribution in [0.25, 0.3) is 0 Å². The maximum atomic E-state index is 13.1. The van der Waals surface area contributed by atoms with Crippen molar-refractivity contribution in [1.82, 2.24) is 4.90 Å². The first kappa shape index (κ1) is 26.5. The van der Waals surface area contributed by atoms with Gasteiger partial charge in [0.2, 0.25) is 0 Å². The van der Waals surface area contributed by atoms with E-state index < -0.39 is 17.7 Å². The van der Waals surface area contributed by atoms with Gasteiger partial charge in [-0.05, 0) is 86.9 Å². The van der Waals surface area contributed by atoms with E-state index in [0.717, 1.165) is 38.9 Å². The fourth-order valence-corrected chi connectivity index (χ4v) is 4.59. The van der Waals surface area contributed by atoms with Crippen LogP contribution in [0.1, 0.15) is 72.7 Å². The first-order valence-electron chi connectivity index (χ1n) is 12.1. The molecule has 2 aromatic rings. The van der Waals surface area contributed by atoms with Crippen LogP contribution in [0.2, 0.25) is 0 Å². The summed E-state index contributed by atoms with van der Waals surface area (Å²) in [6.45, 7) is 16.9. The number of carbonyl (C=O) groups is 2. The first-order valence-corrected chi connectivity index (χ1v) is 12.1. The van der Waals surface area contributed by atoms with Gasteiger partial charge < -0.3 is 14.2 Å². The lowest BCUT2D eigenvalue weighted by molar-refractivity contribution is -0.167. The summed E-state index contributed by atoms with van der Waals surface area (Å²) < 4.78 is 17.3. The first-order chi connectivity index (χ1) is 16.6. The monoisotopic (exact) mass is 479 g/mol. The van der Waals surface area contributed by atoms with Gasteiger partial charge in [-0.2, -0.15) is 0 Å². The molecule has 0 N–H and O–H groups in total. The summed E-state index contributed by atoms with van der Waals surface area (Å²) in [5, 5.41) is 0. The number of hydrogen-bond acceptors (Lipinski definition) is 5. The van der Waals surface area contributed by atoms with Gasteiger partial charge in [-0.3, -0.25) is 4.90 Å². The standard InChI is InChI=1S/C29H37NO5/c1-8-13-22-19(3)23-16-30(28(32)34-18-21-14-11-10-12-15-21)17-24(23)20(4)25(22)26(27(31)33-9-2)35-29(5,6)7/h8,10-12,14-15,26H,1,9,13,16-18H2,2-7H3/t26-/m0/s1. The van der Waals surface area contributed by atoms with E-state index in [9.17, 15) is 9.59 Å². The number of amides is 1. The zero-order valence-electron chi connectivity index (χ0n) is 21.8. The van der Waals surface area contributed by atoms with Crippen molar-refractivity contribution in [2.45, 2.75) is 79.4 Å². The predicted molar refractivity (Wildman–Crippen MR) is 136 cm³/mol. The van der Waals surface area contributed by atoms with Crippen molar-refractivity contribution in [2.24, 2.45) is 0 Å². The van der Waals surface area contributed by atoms with Crippen molar-refractivity contribution in [3.05, 3.63) is 81.9 Å². The van der Waals surface area contributed by atoms with Gasteiger partial charge in [-0.25, -0.2) is 9.59 Å². The van der Waals surface area contributed by atoms with Gasteiger partial charge in [-0.1, -0.05) is 36.4 Å². The number of ether oxygens (including phenoxy) is 3. The number of allylic oxidation sites excluding steroid dienone is 1. The average Bonchev–Trinajstić information content (AvgIpc) is 3.26. The Hall–Kier alpha value is -3.12. The van der Waals surface area contributed by atoms with Crippen LogP contribution in [0, 0.1) is 13.8 Å². The minimum atomic E-state index is -0.868. The third-order valence-corrected chi connectivity index (χ3v) is 6.20. The fourth-order valence-electron chi connectivity index (χ4n) is 4.59. The van der Waals surface area contributed by atoms with E-state index in [0.29, 0.717) is 19.5 Å². The van der Waals surface area contributed by atoms with Crippen molar-refractivity contribution in [3.8, 4) is 0 Å². The summed E-state index contributed by atoms with van der Waals surface area (Å²) in [4.78, 5) is 27.7. The molecule has 0 aliphatic carbocycles. The lowest BCUT2D eigenvalue weighted by Crippen LogP contribution is -2.30. The quantitative estimate of drug-likeness (QED) is 0.338. The van der Waals surface area contributed by atoms with Crippen LogP contribution in [0.3, 0.4) is 0 Å². The molecule has 1 heterocycles. The zero-order valence-corrected chi connectivity index (χ0v) is 21.8. The number of fused-ring (bicyclic) bond motifs is 1. The smallest absolute Gasteiger partial charge is 0.410 e. The zero-order chi connectivity index (χ0) is 25.8. The van der Waals surface area contributed by atoms with Gasteiger partial charge in [0.1, 0.15) is 6.61 Å². The number of rotatable bonds is 8. The van der Waals surface area contributed by atoms with Crippen LogP contribution >= 0.6 is 0 Å². The Kier molecular flexibility index (Phi) is 8.39. The van der Waals surface area contributed by atoms with Crippen LogP contribution in [0.5, 0.6) is 0 Å². The summed E-state index contributed by atoms with van der Waals surface area (Å²) in [5.41, 5.74) is 6.32. The molecule has 0 fully saturated rings. The molecule has 6 nitrogen and oxygen atoms in total. The summed E-state index contributed by atoms with van der Waals surface area (Å²) >= 11 is 0. The second kappa shape index (κ2) is 11.1. The lowest BCUT2D eigenvalue weighted by Gasteiger charge is -2.30. The van der Waals surface area contributed by atoms with Gasteiger partial charge in [0.05, 0.1) is 12.2 Å². The summed E-state index contributed by atoms with van der Waals surface area (Å²) in [7, 11) is 0.